The number of allylic oxidation sites excluding steroid dienone is 1. The Morgan fingerprint density at radius 3 is 2.33 bits per heavy atom. The minimum Gasteiger partial charge on any atom is -0.259 e. The van der Waals surface area contributed by atoms with Crippen molar-refractivity contribution in [3.8, 4) is 0 Å². The van der Waals surface area contributed by atoms with Crippen LogP contribution in [-0.4, -0.2) is 4.92 Å². The average Bonchev–Trinajstić information content (AvgIpc) is 2.12. The summed E-state index contributed by atoms with van der Waals surface area (Å²) in [5.41, 5.74) is 0.773. The highest BCUT2D eigenvalue weighted by molar-refractivity contribution is 6.34. The molecule has 1 aromatic rings. The van der Waals surface area contributed by atoms with E-state index in [4.69, 9.17) is 23.2 Å². The molecule has 0 fully saturated rings. The Kier molecular flexibility index (Phi) is 4.12. The van der Waals surface area contributed by atoms with Crippen LogP contribution in [0.4, 0.5) is 0 Å². The van der Waals surface area contributed by atoms with E-state index in [0.717, 1.165) is 0 Å². The van der Waals surface area contributed by atoms with Gasteiger partial charge in [0, 0.05) is 22.5 Å². The van der Waals surface area contributed by atoms with Gasteiger partial charge >= 0.3 is 0 Å². The molecule has 0 saturated heterocycles. The summed E-state index contributed by atoms with van der Waals surface area (Å²) in [6, 6.07) is 4.84. The van der Waals surface area contributed by atoms with Crippen molar-refractivity contribution in [2.24, 2.45) is 0 Å². The second-order valence-corrected chi connectivity index (χ2v) is 3.82. The molecule has 0 aliphatic rings. The highest BCUT2D eigenvalue weighted by atomic mass is 35.5. The van der Waals surface area contributed by atoms with Crippen molar-refractivity contribution in [1.82, 2.24) is 0 Å². The van der Waals surface area contributed by atoms with Gasteiger partial charge in [-0.2, -0.15) is 0 Å². The van der Waals surface area contributed by atoms with Crippen LogP contribution < -0.4 is 0 Å². The zero-order valence-electron chi connectivity index (χ0n) is 8.04. The number of nitro groups is 1. The maximum Gasteiger partial charge on any atom is 0.246 e. The Balaban J connectivity index is 3.11. The first-order valence-corrected chi connectivity index (χ1v) is 5.09. The molecule has 0 saturated carbocycles. The van der Waals surface area contributed by atoms with E-state index in [0.29, 0.717) is 22.0 Å². The summed E-state index contributed by atoms with van der Waals surface area (Å²) in [6.45, 7) is 1.72. The Bertz CT molecular complexity index is 396. The highest BCUT2D eigenvalue weighted by Gasteiger charge is 2.07. The van der Waals surface area contributed by atoms with Crippen molar-refractivity contribution in [2.75, 3.05) is 0 Å². The van der Waals surface area contributed by atoms with E-state index in [1.807, 2.05) is 0 Å². The van der Waals surface area contributed by atoms with Crippen LogP contribution in [0.5, 0.6) is 0 Å². The van der Waals surface area contributed by atoms with Gasteiger partial charge in [0.25, 0.3) is 0 Å². The maximum absolute atomic E-state index is 10.6. The maximum atomic E-state index is 10.6. The molecule has 0 spiro atoms. The van der Waals surface area contributed by atoms with E-state index in [1.54, 1.807) is 25.1 Å². The lowest BCUT2D eigenvalue weighted by Gasteiger charge is -1.98. The molecule has 0 heterocycles. The van der Waals surface area contributed by atoms with Gasteiger partial charge in [-0.05, 0) is 23.8 Å². The van der Waals surface area contributed by atoms with Crippen molar-refractivity contribution >= 4 is 29.3 Å². The Labute approximate surface area is 97.5 Å². The smallest absolute Gasteiger partial charge is 0.246 e. The fourth-order valence-corrected chi connectivity index (χ4v) is 1.68. The first-order chi connectivity index (χ1) is 7.02. The van der Waals surface area contributed by atoms with Crippen LogP contribution in [0.15, 0.2) is 23.9 Å². The summed E-state index contributed by atoms with van der Waals surface area (Å²) in [7, 11) is 0. The lowest BCUT2D eigenvalue weighted by atomic mass is 10.2. The lowest BCUT2D eigenvalue weighted by molar-refractivity contribution is -0.425. The molecule has 80 valence electrons. The third-order valence-corrected chi connectivity index (χ3v) is 2.25. The molecule has 0 atom stereocenters. The van der Waals surface area contributed by atoms with Crippen LogP contribution in [0.2, 0.25) is 10.0 Å². The molecule has 15 heavy (non-hydrogen) atoms. The topological polar surface area (TPSA) is 43.1 Å². The molecule has 0 amide bonds. The predicted molar refractivity (Wildman–Crippen MR) is 61.7 cm³/mol. The Morgan fingerprint density at radius 1 is 1.40 bits per heavy atom. The van der Waals surface area contributed by atoms with Crippen LogP contribution in [0.25, 0.3) is 6.08 Å². The van der Waals surface area contributed by atoms with Crippen LogP contribution in [-0.2, 0) is 0 Å². The third kappa shape index (κ3) is 3.53. The number of halogens is 2. The monoisotopic (exact) mass is 245 g/mol. The first kappa shape index (κ1) is 12.0. The summed E-state index contributed by atoms with van der Waals surface area (Å²) >= 11 is 11.5. The molecular formula is C10H9Cl2NO2. The van der Waals surface area contributed by atoms with E-state index >= 15 is 0 Å². The molecule has 0 aromatic heterocycles. The largest absolute Gasteiger partial charge is 0.259 e. The zero-order valence-corrected chi connectivity index (χ0v) is 9.55. The molecular weight excluding hydrogens is 237 g/mol. The van der Waals surface area contributed by atoms with E-state index < -0.39 is 4.92 Å². The molecule has 0 aliphatic heterocycles. The normalized spacial score (nSPS) is 11.5. The van der Waals surface area contributed by atoms with E-state index in [2.05, 4.69) is 0 Å². The minimum absolute atomic E-state index is 0.133. The fourth-order valence-electron chi connectivity index (χ4n) is 1.13. The molecule has 0 unspecified atom stereocenters. The van der Waals surface area contributed by atoms with E-state index in [-0.39, 0.29) is 5.70 Å². The van der Waals surface area contributed by atoms with Crippen LogP contribution in [0.3, 0.4) is 0 Å². The summed E-state index contributed by atoms with van der Waals surface area (Å²) in [5, 5.41) is 11.5. The zero-order chi connectivity index (χ0) is 11.4. The van der Waals surface area contributed by atoms with Crippen molar-refractivity contribution in [3.05, 3.63) is 49.6 Å². The number of hydrogen-bond acceptors (Lipinski definition) is 2. The van der Waals surface area contributed by atoms with Gasteiger partial charge < -0.3 is 0 Å². The molecule has 0 bridgehead atoms. The molecule has 0 radical (unpaired) electrons. The predicted octanol–water partition coefficient (Wildman–Crippen LogP) is 4.02. The van der Waals surface area contributed by atoms with Gasteiger partial charge in [-0.1, -0.05) is 30.1 Å². The lowest BCUT2D eigenvalue weighted by Crippen LogP contribution is -1.96. The van der Waals surface area contributed by atoms with Gasteiger partial charge in [0.05, 0.1) is 4.92 Å². The quantitative estimate of drug-likeness (QED) is 0.597. The van der Waals surface area contributed by atoms with Gasteiger partial charge in [0.2, 0.25) is 5.70 Å². The minimum atomic E-state index is -0.408. The summed E-state index contributed by atoms with van der Waals surface area (Å²) in [4.78, 5) is 10.2. The number of benzene rings is 1. The van der Waals surface area contributed by atoms with Crippen molar-refractivity contribution < 1.29 is 4.92 Å². The number of rotatable bonds is 3. The number of hydrogen-bond donors (Lipinski definition) is 0. The van der Waals surface area contributed by atoms with E-state index in [9.17, 15) is 10.1 Å². The molecule has 0 aliphatic carbocycles. The van der Waals surface area contributed by atoms with Gasteiger partial charge in [0.1, 0.15) is 0 Å². The number of nitrogens with zero attached hydrogens (tertiary/aromatic N) is 1. The van der Waals surface area contributed by atoms with Crippen molar-refractivity contribution in [1.29, 1.82) is 0 Å². The van der Waals surface area contributed by atoms with Crippen molar-refractivity contribution in [2.45, 2.75) is 13.3 Å². The second-order valence-electron chi connectivity index (χ2n) is 2.95. The molecule has 5 heteroatoms. The molecule has 3 nitrogen and oxygen atoms in total. The summed E-state index contributed by atoms with van der Waals surface area (Å²) in [6.07, 6.45) is 1.83. The first-order valence-electron chi connectivity index (χ1n) is 4.34. The SMILES string of the molecule is CCC(=Cc1cc(Cl)cc(Cl)c1)[N+](=O)[O-]. The second kappa shape index (κ2) is 5.14. The molecule has 1 rings (SSSR count). The van der Waals surface area contributed by atoms with Gasteiger partial charge in [-0.25, -0.2) is 0 Å². The van der Waals surface area contributed by atoms with Gasteiger partial charge in [-0.15, -0.1) is 0 Å². The van der Waals surface area contributed by atoms with Crippen molar-refractivity contribution in [3.63, 3.8) is 0 Å². The summed E-state index contributed by atoms with van der Waals surface area (Å²) in [5.74, 6) is 0. The third-order valence-electron chi connectivity index (χ3n) is 1.81. The van der Waals surface area contributed by atoms with Crippen LogP contribution >= 0.6 is 23.2 Å². The van der Waals surface area contributed by atoms with Crippen LogP contribution in [0.1, 0.15) is 18.9 Å². The fraction of sp³-hybridized carbons (Fsp3) is 0.200. The van der Waals surface area contributed by atoms with Gasteiger partial charge in [0.15, 0.2) is 0 Å². The highest BCUT2D eigenvalue weighted by Crippen LogP contribution is 2.21. The summed E-state index contributed by atoms with van der Waals surface area (Å²) < 4.78 is 0. The standard InChI is InChI=1S/C10H9Cl2NO2/c1-2-10(13(14)15)5-7-3-8(11)6-9(12)4-7/h3-6H,2H2,1H3. The van der Waals surface area contributed by atoms with Gasteiger partial charge in [-0.3, -0.25) is 10.1 Å². The molecule has 1 aromatic carbocycles. The van der Waals surface area contributed by atoms with E-state index in [1.165, 1.54) is 6.08 Å². The van der Waals surface area contributed by atoms with Crippen LogP contribution in [0, 0.1) is 10.1 Å². The Morgan fingerprint density at radius 2 is 1.93 bits per heavy atom. The Hall–Kier alpha value is -1.06. The average molecular weight is 246 g/mol. The molecule has 0 N–H and O–H groups in total.